The largest absolute Gasteiger partial charge is 0.316 e. The molecular formula is C9H18N4. The standard InChI is InChI=1S/C9H18N4/c1-3-10-6-7-11-8-9-4-5-12-13(9)2/h4-5,10-11H,3,6-8H2,1-2H3. The maximum atomic E-state index is 4.09. The molecule has 0 aliphatic heterocycles. The molecule has 0 bridgehead atoms. The predicted octanol–water partition coefficient (Wildman–Crippen LogP) is 0.119. The molecule has 0 saturated heterocycles. The monoisotopic (exact) mass is 182 g/mol. The van der Waals surface area contributed by atoms with Gasteiger partial charge in [0.1, 0.15) is 0 Å². The van der Waals surface area contributed by atoms with Gasteiger partial charge >= 0.3 is 0 Å². The smallest absolute Gasteiger partial charge is 0.0518 e. The van der Waals surface area contributed by atoms with Crippen LogP contribution < -0.4 is 10.6 Å². The first kappa shape index (κ1) is 10.2. The summed E-state index contributed by atoms with van der Waals surface area (Å²) in [5.41, 5.74) is 1.22. The van der Waals surface area contributed by atoms with Gasteiger partial charge in [0.15, 0.2) is 0 Å². The van der Waals surface area contributed by atoms with Crippen molar-refractivity contribution in [3.8, 4) is 0 Å². The van der Waals surface area contributed by atoms with Crippen molar-refractivity contribution in [1.82, 2.24) is 20.4 Å². The lowest BCUT2D eigenvalue weighted by Crippen LogP contribution is -2.27. The van der Waals surface area contributed by atoms with Crippen molar-refractivity contribution in [3.05, 3.63) is 18.0 Å². The van der Waals surface area contributed by atoms with E-state index in [1.165, 1.54) is 5.69 Å². The highest BCUT2D eigenvalue weighted by Crippen LogP contribution is 1.93. The number of hydrogen-bond donors (Lipinski definition) is 2. The van der Waals surface area contributed by atoms with Crippen molar-refractivity contribution in [1.29, 1.82) is 0 Å². The average Bonchev–Trinajstić information content (AvgIpc) is 2.52. The molecule has 0 saturated carbocycles. The van der Waals surface area contributed by atoms with E-state index in [0.29, 0.717) is 0 Å². The van der Waals surface area contributed by atoms with Gasteiger partial charge in [0.2, 0.25) is 0 Å². The second-order valence-electron chi connectivity index (χ2n) is 2.98. The minimum atomic E-state index is 0.891. The molecule has 74 valence electrons. The van der Waals surface area contributed by atoms with E-state index in [1.807, 2.05) is 24.0 Å². The molecule has 0 aliphatic rings. The van der Waals surface area contributed by atoms with Gasteiger partial charge in [-0.1, -0.05) is 6.92 Å². The fourth-order valence-corrected chi connectivity index (χ4v) is 1.14. The molecule has 13 heavy (non-hydrogen) atoms. The summed E-state index contributed by atoms with van der Waals surface area (Å²) >= 11 is 0. The number of rotatable bonds is 6. The molecule has 0 atom stereocenters. The van der Waals surface area contributed by atoms with Crippen LogP contribution in [0.2, 0.25) is 0 Å². The molecule has 0 fully saturated rings. The Morgan fingerprint density at radius 3 is 2.77 bits per heavy atom. The maximum Gasteiger partial charge on any atom is 0.0518 e. The summed E-state index contributed by atoms with van der Waals surface area (Å²) in [5.74, 6) is 0. The quantitative estimate of drug-likeness (QED) is 0.614. The normalized spacial score (nSPS) is 10.6. The lowest BCUT2D eigenvalue weighted by atomic mass is 10.4. The Bertz CT molecular complexity index is 231. The first-order chi connectivity index (χ1) is 6.34. The van der Waals surface area contributed by atoms with Crippen molar-refractivity contribution in [2.45, 2.75) is 13.5 Å². The van der Waals surface area contributed by atoms with Crippen LogP contribution in [0.25, 0.3) is 0 Å². The zero-order chi connectivity index (χ0) is 9.52. The summed E-state index contributed by atoms with van der Waals surface area (Å²) in [7, 11) is 1.96. The van der Waals surface area contributed by atoms with Gasteiger partial charge in [-0.05, 0) is 12.6 Å². The van der Waals surface area contributed by atoms with Gasteiger partial charge < -0.3 is 10.6 Å². The average molecular weight is 182 g/mol. The fourth-order valence-electron chi connectivity index (χ4n) is 1.14. The van der Waals surface area contributed by atoms with Gasteiger partial charge in [-0.25, -0.2) is 0 Å². The Morgan fingerprint density at radius 2 is 2.15 bits per heavy atom. The van der Waals surface area contributed by atoms with Crippen LogP contribution in [0, 0.1) is 0 Å². The molecule has 4 nitrogen and oxygen atoms in total. The molecule has 2 N–H and O–H groups in total. The van der Waals surface area contributed by atoms with Crippen LogP contribution in [0.3, 0.4) is 0 Å². The molecule has 0 unspecified atom stereocenters. The molecule has 1 rings (SSSR count). The molecule has 0 aromatic carbocycles. The SMILES string of the molecule is CCNCCNCc1ccnn1C. The van der Waals surface area contributed by atoms with Gasteiger partial charge in [0.25, 0.3) is 0 Å². The van der Waals surface area contributed by atoms with E-state index in [-0.39, 0.29) is 0 Å². The van der Waals surface area contributed by atoms with Crippen molar-refractivity contribution < 1.29 is 0 Å². The summed E-state index contributed by atoms with van der Waals surface area (Å²) in [4.78, 5) is 0. The summed E-state index contributed by atoms with van der Waals surface area (Å²) in [5, 5.41) is 10.7. The number of likely N-dealkylation sites (N-methyl/N-ethyl adjacent to an activating group) is 1. The van der Waals surface area contributed by atoms with Crippen molar-refractivity contribution in [3.63, 3.8) is 0 Å². The molecule has 4 heteroatoms. The number of aryl methyl sites for hydroxylation is 1. The first-order valence-corrected chi connectivity index (χ1v) is 4.73. The Morgan fingerprint density at radius 1 is 1.38 bits per heavy atom. The van der Waals surface area contributed by atoms with Crippen LogP contribution >= 0.6 is 0 Å². The lowest BCUT2D eigenvalue weighted by molar-refractivity contribution is 0.595. The molecule has 0 amide bonds. The van der Waals surface area contributed by atoms with E-state index in [4.69, 9.17) is 0 Å². The zero-order valence-corrected chi connectivity index (χ0v) is 8.38. The highest BCUT2D eigenvalue weighted by Gasteiger charge is 1.95. The molecule has 0 spiro atoms. The lowest BCUT2D eigenvalue weighted by Gasteiger charge is -2.05. The highest BCUT2D eigenvalue weighted by molar-refractivity contribution is 4.98. The van der Waals surface area contributed by atoms with Crippen LogP contribution in [0.1, 0.15) is 12.6 Å². The minimum absolute atomic E-state index is 0.891. The van der Waals surface area contributed by atoms with Crippen LogP contribution in [0.5, 0.6) is 0 Å². The van der Waals surface area contributed by atoms with Crippen LogP contribution in [-0.4, -0.2) is 29.4 Å². The van der Waals surface area contributed by atoms with Gasteiger partial charge in [-0.2, -0.15) is 5.10 Å². The summed E-state index contributed by atoms with van der Waals surface area (Å²) in [6.07, 6.45) is 1.82. The first-order valence-electron chi connectivity index (χ1n) is 4.73. The van der Waals surface area contributed by atoms with Crippen molar-refractivity contribution >= 4 is 0 Å². The number of aromatic nitrogens is 2. The van der Waals surface area contributed by atoms with Crippen LogP contribution in [-0.2, 0) is 13.6 Å². The van der Waals surface area contributed by atoms with E-state index in [2.05, 4.69) is 22.7 Å². The Labute approximate surface area is 79.3 Å². The van der Waals surface area contributed by atoms with Crippen molar-refractivity contribution in [2.75, 3.05) is 19.6 Å². The second kappa shape index (κ2) is 5.72. The number of nitrogens with zero attached hydrogens (tertiary/aromatic N) is 2. The maximum absolute atomic E-state index is 4.09. The molecular weight excluding hydrogens is 164 g/mol. The Balaban J connectivity index is 2.10. The zero-order valence-electron chi connectivity index (χ0n) is 8.38. The Hall–Kier alpha value is -0.870. The molecule has 1 aromatic heterocycles. The third kappa shape index (κ3) is 3.57. The second-order valence-corrected chi connectivity index (χ2v) is 2.98. The van der Waals surface area contributed by atoms with Gasteiger partial charge in [-0.3, -0.25) is 4.68 Å². The minimum Gasteiger partial charge on any atom is -0.316 e. The van der Waals surface area contributed by atoms with E-state index in [9.17, 15) is 0 Å². The summed E-state index contributed by atoms with van der Waals surface area (Å²) < 4.78 is 1.89. The fraction of sp³-hybridized carbons (Fsp3) is 0.667. The summed E-state index contributed by atoms with van der Waals surface area (Å²) in [6.45, 7) is 6.06. The number of nitrogens with one attached hydrogen (secondary N) is 2. The van der Waals surface area contributed by atoms with E-state index in [0.717, 1.165) is 26.2 Å². The molecule has 1 aromatic rings. The Kier molecular flexibility index (Phi) is 4.49. The number of hydrogen-bond acceptors (Lipinski definition) is 3. The van der Waals surface area contributed by atoms with E-state index >= 15 is 0 Å². The summed E-state index contributed by atoms with van der Waals surface area (Å²) in [6, 6.07) is 2.03. The van der Waals surface area contributed by atoms with E-state index in [1.54, 1.807) is 0 Å². The predicted molar refractivity (Wildman–Crippen MR) is 53.5 cm³/mol. The topological polar surface area (TPSA) is 41.9 Å². The third-order valence-corrected chi connectivity index (χ3v) is 1.96. The highest BCUT2D eigenvalue weighted by atomic mass is 15.3. The van der Waals surface area contributed by atoms with Gasteiger partial charge in [-0.15, -0.1) is 0 Å². The van der Waals surface area contributed by atoms with Crippen LogP contribution in [0.4, 0.5) is 0 Å². The molecule has 0 aliphatic carbocycles. The third-order valence-electron chi connectivity index (χ3n) is 1.96. The molecule has 1 heterocycles. The van der Waals surface area contributed by atoms with Gasteiger partial charge in [0, 0.05) is 32.9 Å². The van der Waals surface area contributed by atoms with Crippen molar-refractivity contribution in [2.24, 2.45) is 7.05 Å². The van der Waals surface area contributed by atoms with E-state index < -0.39 is 0 Å². The van der Waals surface area contributed by atoms with Gasteiger partial charge in [0.05, 0.1) is 5.69 Å². The van der Waals surface area contributed by atoms with Crippen LogP contribution in [0.15, 0.2) is 12.3 Å². The molecule has 0 radical (unpaired) electrons.